The number of hydrogen-bond acceptors (Lipinski definition) is 5. The molecule has 1 aliphatic heterocycles. The molecule has 0 spiro atoms. The van der Waals surface area contributed by atoms with Crippen LogP contribution in [-0.4, -0.2) is 4.98 Å². The number of aromatic nitrogens is 1. The molecule has 0 atom stereocenters. The van der Waals surface area contributed by atoms with Crippen LogP contribution in [0.5, 0.6) is 0 Å². The van der Waals surface area contributed by atoms with Gasteiger partial charge in [0.05, 0.1) is 16.9 Å². The van der Waals surface area contributed by atoms with Crippen molar-refractivity contribution in [3.8, 4) is 6.07 Å². The van der Waals surface area contributed by atoms with E-state index in [9.17, 15) is 0 Å². The minimum atomic E-state index is -0.474. The molecule has 1 aliphatic rings. The van der Waals surface area contributed by atoms with E-state index in [2.05, 4.69) is 16.5 Å². The molecular weight excluding hydrogens is 216 g/mol. The minimum Gasteiger partial charge on any atom is -0.359 e. The van der Waals surface area contributed by atoms with Crippen molar-refractivity contribution in [2.24, 2.45) is 5.84 Å². The van der Waals surface area contributed by atoms with Gasteiger partial charge < -0.3 is 10.2 Å². The maximum absolute atomic E-state index is 9.05. The lowest BCUT2D eigenvalue weighted by Gasteiger charge is -2.24. The van der Waals surface area contributed by atoms with E-state index in [-0.39, 0.29) is 0 Å². The summed E-state index contributed by atoms with van der Waals surface area (Å²) >= 11 is 0. The Morgan fingerprint density at radius 2 is 2.00 bits per heavy atom. The van der Waals surface area contributed by atoms with Gasteiger partial charge in [-0.05, 0) is 33.8 Å². The number of ether oxygens (including phenoxy) is 1. The number of nitrogens with two attached hydrogens (primary N) is 1. The van der Waals surface area contributed by atoms with Crippen LogP contribution in [0.4, 0.5) is 5.82 Å². The molecule has 1 aromatic heterocycles. The lowest BCUT2D eigenvalue weighted by atomic mass is 9.94. The van der Waals surface area contributed by atoms with Gasteiger partial charge in [-0.2, -0.15) is 5.26 Å². The Morgan fingerprint density at radius 1 is 1.35 bits per heavy atom. The van der Waals surface area contributed by atoms with Crippen LogP contribution in [0.2, 0.25) is 0 Å². The Balaban J connectivity index is 2.72. The molecule has 0 fully saturated rings. The average Bonchev–Trinajstić information content (AvgIpc) is 2.42. The van der Waals surface area contributed by atoms with E-state index in [4.69, 9.17) is 15.8 Å². The molecule has 3 N–H and O–H groups in total. The van der Waals surface area contributed by atoms with Gasteiger partial charge >= 0.3 is 0 Å². The molecular formula is C12H16N4O. The van der Waals surface area contributed by atoms with Crippen LogP contribution in [0.3, 0.4) is 0 Å². The molecule has 2 heterocycles. The van der Waals surface area contributed by atoms with Crippen LogP contribution in [-0.2, 0) is 15.9 Å². The van der Waals surface area contributed by atoms with Crippen LogP contribution < -0.4 is 11.3 Å². The SMILES string of the molecule is CC1(C)OC(C)(C)c2nc(NN)c(C#N)cc21. The topological polar surface area (TPSA) is 84.0 Å². The molecule has 17 heavy (non-hydrogen) atoms. The fourth-order valence-corrected chi connectivity index (χ4v) is 2.37. The van der Waals surface area contributed by atoms with Gasteiger partial charge in [0, 0.05) is 5.56 Å². The fraction of sp³-hybridized carbons (Fsp3) is 0.500. The Hall–Kier alpha value is -1.64. The number of rotatable bonds is 1. The summed E-state index contributed by atoms with van der Waals surface area (Å²) in [5.41, 5.74) is 3.74. The first-order valence-corrected chi connectivity index (χ1v) is 5.45. The fourth-order valence-electron chi connectivity index (χ4n) is 2.37. The summed E-state index contributed by atoms with van der Waals surface area (Å²) in [5.74, 6) is 5.76. The van der Waals surface area contributed by atoms with Crippen LogP contribution in [0.25, 0.3) is 0 Å². The number of hydrazine groups is 1. The van der Waals surface area contributed by atoms with E-state index in [1.807, 2.05) is 27.7 Å². The second-order valence-electron chi connectivity index (χ2n) is 5.16. The summed E-state index contributed by atoms with van der Waals surface area (Å²) < 4.78 is 5.97. The van der Waals surface area contributed by atoms with Crippen molar-refractivity contribution in [1.82, 2.24) is 4.98 Å². The zero-order valence-corrected chi connectivity index (χ0v) is 10.5. The molecule has 0 saturated carbocycles. The third-order valence-corrected chi connectivity index (χ3v) is 3.01. The van der Waals surface area contributed by atoms with Gasteiger partial charge in [0.15, 0.2) is 5.82 Å². The largest absolute Gasteiger partial charge is 0.359 e. The number of anilines is 1. The van der Waals surface area contributed by atoms with E-state index in [1.54, 1.807) is 6.07 Å². The van der Waals surface area contributed by atoms with E-state index in [0.29, 0.717) is 11.4 Å². The highest BCUT2D eigenvalue weighted by molar-refractivity contribution is 5.56. The van der Waals surface area contributed by atoms with Crippen molar-refractivity contribution in [2.75, 3.05) is 5.43 Å². The average molecular weight is 232 g/mol. The molecule has 5 heteroatoms. The number of pyridine rings is 1. The number of nitrogen functional groups attached to an aromatic ring is 1. The smallest absolute Gasteiger partial charge is 0.158 e. The predicted molar refractivity (Wildman–Crippen MR) is 63.9 cm³/mol. The van der Waals surface area contributed by atoms with Gasteiger partial charge in [0.25, 0.3) is 0 Å². The van der Waals surface area contributed by atoms with Crippen LogP contribution in [0.1, 0.15) is 44.5 Å². The Labute approximate surface area is 101 Å². The second-order valence-corrected chi connectivity index (χ2v) is 5.16. The molecule has 0 aromatic carbocycles. The van der Waals surface area contributed by atoms with Crippen molar-refractivity contribution in [1.29, 1.82) is 5.26 Å². The van der Waals surface area contributed by atoms with E-state index in [1.165, 1.54) is 0 Å². The molecule has 0 unspecified atom stereocenters. The molecule has 0 amide bonds. The van der Waals surface area contributed by atoms with Crippen molar-refractivity contribution >= 4 is 5.82 Å². The molecule has 0 radical (unpaired) electrons. The molecule has 2 rings (SSSR count). The summed E-state index contributed by atoms with van der Waals surface area (Å²) in [4.78, 5) is 4.41. The van der Waals surface area contributed by atoms with E-state index in [0.717, 1.165) is 11.3 Å². The third kappa shape index (κ3) is 1.66. The van der Waals surface area contributed by atoms with Crippen LogP contribution in [0, 0.1) is 11.3 Å². The number of nitrogens with one attached hydrogen (secondary N) is 1. The minimum absolute atomic E-state index is 0.389. The van der Waals surface area contributed by atoms with Gasteiger partial charge in [-0.15, -0.1) is 0 Å². The number of fused-ring (bicyclic) bond motifs is 1. The van der Waals surface area contributed by atoms with Crippen molar-refractivity contribution < 1.29 is 4.74 Å². The predicted octanol–water partition coefficient (Wildman–Crippen LogP) is 1.74. The lowest BCUT2D eigenvalue weighted by molar-refractivity contribution is -0.106. The number of nitrogens with zero attached hydrogens (tertiary/aromatic N) is 2. The van der Waals surface area contributed by atoms with Gasteiger partial charge in [-0.1, -0.05) is 0 Å². The first-order valence-electron chi connectivity index (χ1n) is 5.45. The number of hydrogen-bond donors (Lipinski definition) is 2. The molecule has 0 saturated heterocycles. The van der Waals surface area contributed by atoms with E-state index >= 15 is 0 Å². The first-order chi connectivity index (χ1) is 7.81. The van der Waals surface area contributed by atoms with Crippen molar-refractivity contribution in [3.63, 3.8) is 0 Å². The van der Waals surface area contributed by atoms with Gasteiger partial charge in [-0.3, -0.25) is 0 Å². The highest BCUT2D eigenvalue weighted by atomic mass is 16.5. The maximum atomic E-state index is 9.05. The maximum Gasteiger partial charge on any atom is 0.158 e. The molecule has 90 valence electrons. The van der Waals surface area contributed by atoms with Crippen LogP contribution >= 0.6 is 0 Å². The highest BCUT2D eigenvalue weighted by Crippen LogP contribution is 2.46. The van der Waals surface area contributed by atoms with Crippen LogP contribution in [0.15, 0.2) is 6.07 Å². The second kappa shape index (κ2) is 3.42. The molecule has 1 aromatic rings. The first kappa shape index (κ1) is 11.8. The summed E-state index contributed by atoms with van der Waals surface area (Å²) in [7, 11) is 0. The monoisotopic (exact) mass is 232 g/mol. The Kier molecular flexibility index (Phi) is 2.38. The quantitative estimate of drug-likeness (QED) is 0.569. The van der Waals surface area contributed by atoms with E-state index < -0.39 is 11.2 Å². The van der Waals surface area contributed by atoms with Gasteiger partial charge in [0.2, 0.25) is 0 Å². The zero-order valence-electron chi connectivity index (χ0n) is 10.5. The van der Waals surface area contributed by atoms with Gasteiger partial charge in [0.1, 0.15) is 11.7 Å². The van der Waals surface area contributed by atoms with Crippen molar-refractivity contribution in [2.45, 2.75) is 38.9 Å². The Bertz CT molecular complexity index is 514. The summed E-state index contributed by atoms with van der Waals surface area (Å²) in [5, 5.41) is 9.05. The summed E-state index contributed by atoms with van der Waals surface area (Å²) in [6, 6.07) is 3.88. The Morgan fingerprint density at radius 3 is 2.53 bits per heavy atom. The standard InChI is InChI=1S/C12H16N4O/c1-11(2)8-5-7(6-13)10(16-14)15-9(8)12(3,4)17-11/h5H,14H2,1-4H3,(H,15,16). The third-order valence-electron chi connectivity index (χ3n) is 3.01. The molecule has 0 aliphatic carbocycles. The number of nitriles is 1. The summed E-state index contributed by atoms with van der Waals surface area (Å²) in [6.45, 7) is 7.86. The normalized spacial score (nSPS) is 19.5. The van der Waals surface area contributed by atoms with Crippen molar-refractivity contribution in [3.05, 3.63) is 22.9 Å². The highest BCUT2D eigenvalue weighted by Gasteiger charge is 2.44. The zero-order chi connectivity index (χ0) is 12.8. The lowest BCUT2D eigenvalue weighted by Crippen LogP contribution is -2.22. The molecule has 5 nitrogen and oxygen atoms in total. The van der Waals surface area contributed by atoms with Gasteiger partial charge in [-0.25, -0.2) is 10.8 Å². The molecule has 0 bridgehead atoms. The summed E-state index contributed by atoms with van der Waals surface area (Å²) in [6.07, 6.45) is 0.